The summed E-state index contributed by atoms with van der Waals surface area (Å²) in [5, 5.41) is 7.15. The summed E-state index contributed by atoms with van der Waals surface area (Å²) in [5.74, 6) is 0.992. The van der Waals surface area contributed by atoms with Gasteiger partial charge in [-0.3, -0.25) is 9.59 Å². The highest BCUT2D eigenvalue weighted by Gasteiger charge is 2.47. The van der Waals surface area contributed by atoms with Crippen LogP contribution in [0.5, 0.6) is 0 Å². The Morgan fingerprint density at radius 3 is 3.17 bits per heavy atom. The third kappa shape index (κ3) is 2.34. The van der Waals surface area contributed by atoms with Gasteiger partial charge in [0.2, 0.25) is 0 Å². The van der Waals surface area contributed by atoms with Crippen molar-refractivity contribution in [3.8, 4) is 0 Å². The Hall–Kier alpha value is -2.21. The van der Waals surface area contributed by atoms with Crippen LogP contribution >= 0.6 is 0 Å². The van der Waals surface area contributed by atoms with Crippen molar-refractivity contribution < 1.29 is 4.79 Å². The highest BCUT2D eigenvalue weighted by atomic mass is 16.2. The molecule has 0 spiro atoms. The first kappa shape index (κ1) is 14.4. The second-order valence-electron chi connectivity index (χ2n) is 6.71. The van der Waals surface area contributed by atoms with Crippen molar-refractivity contribution in [3.63, 3.8) is 0 Å². The summed E-state index contributed by atoms with van der Waals surface area (Å²) in [4.78, 5) is 31.6. The van der Waals surface area contributed by atoms with Gasteiger partial charge in [0, 0.05) is 18.7 Å². The molecule has 1 saturated carbocycles. The molecule has 1 aliphatic carbocycles. The summed E-state index contributed by atoms with van der Waals surface area (Å²) in [6.07, 6.45) is 3.36. The fraction of sp³-hybridized carbons (Fsp3) is 0.471. The Morgan fingerprint density at radius 1 is 1.43 bits per heavy atom. The SMILES string of the molecule is Cc1nc2cc(C(=O)N[C@]34CCC[C@H]3CNC4)ccc2c(=O)[nH]1. The van der Waals surface area contributed by atoms with Gasteiger partial charge in [-0.25, -0.2) is 4.98 Å². The van der Waals surface area contributed by atoms with Crippen LogP contribution in [0.4, 0.5) is 0 Å². The lowest BCUT2D eigenvalue weighted by molar-refractivity contribution is 0.0894. The lowest BCUT2D eigenvalue weighted by Crippen LogP contribution is -2.51. The molecule has 2 aliphatic rings. The number of amides is 1. The summed E-state index contributed by atoms with van der Waals surface area (Å²) >= 11 is 0. The van der Waals surface area contributed by atoms with E-state index in [0.717, 1.165) is 19.5 Å². The van der Waals surface area contributed by atoms with E-state index >= 15 is 0 Å². The number of fused-ring (bicyclic) bond motifs is 2. The lowest BCUT2D eigenvalue weighted by atomic mass is 9.90. The zero-order valence-corrected chi connectivity index (χ0v) is 13.1. The molecule has 6 heteroatoms. The molecule has 6 nitrogen and oxygen atoms in total. The molecule has 0 unspecified atom stereocenters. The van der Waals surface area contributed by atoms with Crippen molar-refractivity contribution in [1.29, 1.82) is 0 Å². The van der Waals surface area contributed by atoms with Crippen LogP contribution in [0.2, 0.25) is 0 Å². The van der Waals surface area contributed by atoms with E-state index in [2.05, 4.69) is 20.6 Å². The number of aromatic amines is 1. The minimum atomic E-state index is -0.172. The van der Waals surface area contributed by atoms with E-state index in [1.54, 1.807) is 25.1 Å². The van der Waals surface area contributed by atoms with Crippen LogP contribution in [0.1, 0.15) is 35.4 Å². The predicted molar refractivity (Wildman–Crippen MR) is 87.5 cm³/mol. The third-order valence-electron chi connectivity index (χ3n) is 5.24. The molecule has 1 aromatic carbocycles. The topological polar surface area (TPSA) is 86.9 Å². The monoisotopic (exact) mass is 312 g/mol. The number of benzene rings is 1. The number of nitrogens with zero attached hydrogens (tertiary/aromatic N) is 1. The van der Waals surface area contributed by atoms with Gasteiger partial charge in [0.05, 0.1) is 16.4 Å². The van der Waals surface area contributed by atoms with E-state index in [0.29, 0.717) is 28.2 Å². The van der Waals surface area contributed by atoms with Crippen LogP contribution in [-0.4, -0.2) is 34.5 Å². The summed E-state index contributed by atoms with van der Waals surface area (Å²) in [6, 6.07) is 5.08. The van der Waals surface area contributed by atoms with Crippen LogP contribution in [0.25, 0.3) is 10.9 Å². The highest BCUT2D eigenvalue weighted by molar-refractivity contribution is 5.98. The number of aryl methyl sites for hydroxylation is 1. The van der Waals surface area contributed by atoms with Crippen LogP contribution in [0, 0.1) is 12.8 Å². The zero-order valence-electron chi connectivity index (χ0n) is 13.1. The molecule has 3 N–H and O–H groups in total. The molecule has 2 fully saturated rings. The van der Waals surface area contributed by atoms with Crippen molar-refractivity contribution in [2.24, 2.45) is 5.92 Å². The maximum absolute atomic E-state index is 12.7. The maximum atomic E-state index is 12.7. The first-order valence-corrected chi connectivity index (χ1v) is 8.11. The zero-order chi connectivity index (χ0) is 16.0. The molecule has 1 aliphatic heterocycles. The summed E-state index contributed by atoms with van der Waals surface area (Å²) < 4.78 is 0. The number of hydrogen-bond acceptors (Lipinski definition) is 4. The quantitative estimate of drug-likeness (QED) is 0.775. The van der Waals surface area contributed by atoms with Crippen molar-refractivity contribution in [2.75, 3.05) is 13.1 Å². The van der Waals surface area contributed by atoms with Crippen molar-refractivity contribution >= 4 is 16.8 Å². The minimum Gasteiger partial charge on any atom is -0.345 e. The van der Waals surface area contributed by atoms with Gasteiger partial charge in [-0.2, -0.15) is 0 Å². The number of carbonyl (C=O) groups excluding carboxylic acids is 1. The predicted octanol–water partition coefficient (Wildman–Crippen LogP) is 1.10. The Kier molecular flexibility index (Phi) is 3.23. The Bertz CT molecular complexity index is 832. The molecular formula is C17H20N4O2. The fourth-order valence-electron chi connectivity index (χ4n) is 4.05. The molecule has 120 valence electrons. The molecular weight excluding hydrogens is 292 g/mol. The summed E-state index contributed by atoms with van der Waals surface area (Å²) in [5.41, 5.74) is 0.837. The normalized spacial score (nSPS) is 26.4. The summed E-state index contributed by atoms with van der Waals surface area (Å²) in [6.45, 7) is 3.56. The van der Waals surface area contributed by atoms with Crippen LogP contribution in [-0.2, 0) is 0 Å². The molecule has 1 aromatic heterocycles. The number of carbonyl (C=O) groups is 1. The second kappa shape index (κ2) is 5.16. The molecule has 0 bridgehead atoms. The largest absolute Gasteiger partial charge is 0.345 e. The van der Waals surface area contributed by atoms with E-state index in [4.69, 9.17) is 0 Å². The van der Waals surface area contributed by atoms with Gasteiger partial charge in [0.25, 0.3) is 11.5 Å². The van der Waals surface area contributed by atoms with Gasteiger partial charge in [0.1, 0.15) is 5.82 Å². The number of rotatable bonds is 2. The molecule has 0 radical (unpaired) electrons. The molecule has 1 amide bonds. The summed E-state index contributed by atoms with van der Waals surface area (Å²) in [7, 11) is 0. The first-order chi connectivity index (χ1) is 11.1. The molecule has 23 heavy (non-hydrogen) atoms. The second-order valence-corrected chi connectivity index (χ2v) is 6.71. The van der Waals surface area contributed by atoms with Gasteiger partial charge in [-0.15, -0.1) is 0 Å². The van der Waals surface area contributed by atoms with Crippen molar-refractivity contribution in [1.82, 2.24) is 20.6 Å². The maximum Gasteiger partial charge on any atom is 0.258 e. The molecule has 4 rings (SSSR count). The van der Waals surface area contributed by atoms with Crippen LogP contribution in [0.15, 0.2) is 23.0 Å². The van der Waals surface area contributed by atoms with E-state index in [1.807, 2.05) is 0 Å². The lowest BCUT2D eigenvalue weighted by Gasteiger charge is -2.29. The number of aromatic nitrogens is 2. The minimum absolute atomic E-state index is 0.0813. The van der Waals surface area contributed by atoms with Gasteiger partial charge in [0.15, 0.2) is 0 Å². The first-order valence-electron chi connectivity index (χ1n) is 8.11. The highest BCUT2D eigenvalue weighted by Crippen LogP contribution is 2.38. The smallest absolute Gasteiger partial charge is 0.258 e. The Labute approximate surface area is 133 Å². The van der Waals surface area contributed by atoms with E-state index in [-0.39, 0.29) is 17.0 Å². The van der Waals surface area contributed by atoms with Gasteiger partial charge in [-0.05, 0) is 43.9 Å². The van der Waals surface area contributed by atoms with Crippen molar-refractivity contribution in [3.05, 3.63) is 39.9 Å². The Balaban J connectivity index is 1.66. The van der Waals surface area contributed by atoms with E-state index in [1.165, 1.54) is 12.8 Å². The molecule has 1 saturated heterocycles. The standard InChI is InChI=1S/C17H20N4O2/c1-10-19-14-7-11(4-5-13(14)16(23)20-10)15(22)21-17-6-2-3-12(17)8-18-9-17/h4-5,7,12,18H,2-3,6,8-9H2,1H3,(H,21,22)(H,19,20,23)/t12-,17-/m0/s1. The van der Waals surface area contributed by atoms with Crippen LogP contribution in [0.3, 0.4) is 0 Å². The fourth-order valence-corrected chi connectivity index (χ4v) is 4.05. The van der Waals surface area contributed by atoms with E-state index < -0.39 is 0 Å². The number of H-pyrrole nitrogens is 1. The Morgan fingerprint density at radius 2 is 2.30 bits per heavy atom. The van der Waals surface area contributed by atoms with Gasteiger partial charge in [-0.1, -0.05) is 6.42 Å². The van der Waals surface area contributed by atoms with Gasteiger partial charge >= 0.3 is 0 Å². The van der Waals surface area contributed by atoms with Crippen LogP contribution < -0.4 is 16.2 Å². The average molecular weight is 312 g/mol. The molecule has 2 atom stereocenters. The number of hydrogen-bond donors (Lipinski definition) is 3. The van der Waals surface area contributed by atoms with Crippen molar-refractivity contribution in [2.45, 2.75) is 31.7 Å². The molecule has 2 aromatic rings. The third-order valence-corrected chi connectivity index (χ3v) is 5.24. The van der Waals surface area contributed by atoms with E-state index in [9.17, 15) is 9.59 Å². The number of nitrogens with one attached hydrogen (secondary N) is 3. The molecule has 2 heterocycles. The van der Waals surface area contributed by atoms with Gasteiger partial charge < -0.3 is 15.6 Å². The average Bonchev–Trinajstić information content (AvgIpc) is 3.05.